The SMILES string of the molecule is COc1ccc(C(C)F)cc1-c1cc(C(=O)O)[nH]n1. The maximum atomic E-state index is 13.3. The molecule has 1 unspecified atom stereocenters. The minimum Gasteiger partial charge on any atom is -0.496 e. The Morgan fingerprint density at radius 1 is 1.47 bits per heavy atom. The fraction of sp³-hybridized carbons (Fsp3) is 0.231. The summed E-state index contributed by atoms with van der Waals surface area (Å²) in [6.07, 6.45) is -1.12. The van der Waals surface area contributed by atoms with Crippen LogP contribution in [0.5, 0.6) is 5.75 Å². The van der Waals surface area contributed by atoms with E-state index < -0.39 is 12.1 Å². The predicted octanol–water partition coefficient (Wildman–Crippen LogP) is 2.81. The van der Waals surface area contributed by atoms with Gasteiger partial charge in [-0.05, 0) is 30.7 Å². The number of hydrogen-bond donors (Lipinski definition) is 2. The van der Waals surface area contributed by atoms with Crippen molar-refractivity contribution in [3.05, 3.63) is 35.5 Å². The quantitative estimate of drug-likeness (QED) is 0.890. The lowest BCUT2D eigenvalue weighted by Gasteiger charge is -2.09. The van der Waals surface area contributed by atoms with Crippen molar-refractivity contribution in [3.63, 3.8) is 0 Å². The predicted molar refractivity (Wildman–Crippen MR) is 67.1 cm³/mol. The zero-order valence-corrected chi connectivity index (χ0v) is 10.5. The Bertz CT molecular complexity index is 608. The summed E-state index contributed by atoms with van der Waals surface area (Å²) in [5.41, 5.74) is 1.40. The van der Waals surface area contributed by atoms with E-state index in [0.717, 1.165) is 0 Å². The second-order valence-electron chi connectivity index (χ2n) is 4.05. The van der Waals surface area contributed by atoms with E-state index in [0.29, 0.717) is 22.6 Å². The highest BCUT2D eigenvalue weighted by molar-refractivity contribution is 5.87. The number of alkyl halides is 1. The van der Waals surface area contributed by atoms with Gasteiger partial charge in [-0.3, -0.25) is 5.10 Å². The van der Waals surface area contributed by atoms with Gasteiger partial charge in [-0.15, -0.1) is 0 Å². The molecule has 0 spiro atoms. The molecule has 1 atom stereocenters. The molecule has 5 nitrogen and oxygen atoms in total. The van der Waals surface area contributed by atoms with Gasteiger partial charge in [0.2, 0.25) is 0 Å². The molecule has 1 aromatic heterocycles. The van der Waals surface area contributed by atoms with Crippen LogP contribution < -0.4 is 4.74 Å². The van der Waals surface area contributed by atoms with Gasteiger partial charge in [0.1, 0.15) is 17.6 Å². The highest BCUT2D eigenvalue weighted by Gasteiger charge is 2.15. The van der Waals surface area contributed by atoms with Crippen LogP contribution in [0.1, 0.15) is 29.1 Å². The maximum Gasteiger partial charge on any atom is 0.353 e. The summed E-state index contributed by atoms with van der Waals surface area (Å²) in [6, 6.07) is 6.24. The molecule has 0 radical (unpaired) electrons. The van der Waals surface area contributed by atoms with Crippen LogP contribution in [0.3, 0.4) is 0 Å². The highest BCUT2D eigenvalue weighted by atomic mass is 19.1. The number of nitrogens with zero attached hydrogens (tertiary/aromatic N) is 1. The first-order valence-corrected chi connectivity index (χ1v) is 5.64. The highest BCUT2D eigenvalue weighted by Crippen LogP contribution is 2.32. The molecule has 0 aliphatic heterocycles. The third kappa shape index (κ3) is 2.57. The van der Waals surface area contributed by atoms with Gasteiger partial charge in [-0.25, -0.2) is 9.18 Å². The van der Waals surface area contributed by atoms with Gasteiger partial charge in [0.25, 0.3) is 0 Å². The molecule has 0 amide bonds. The summed E-state index contributed by atoms with van der Waals surface area (Å²) in [4.78, 5) is 10.8. The molecule has 0 saturated carbocycles. The lowest BCUT2D eigenvalue weighted by molar-refractivity contribution is 0.0690. The number of aromatic nitrogens is 2. The van der Waals surface area contributed by atoms with Crippen LogP contribution in [0.2, 0.25) is 0 Å². The molecule has 0 aliphatic rings. The molecule has 0 saturated heterocycles. The Hall–Kier alpha value is -2.37. The van der Waals surface area contributed by atoms with E-state index in [1.54, 1.807) is 18.2 Å². The van der Waals surface area contributed by atoms with Gasteiger partial charge in [0.05, 0.1) is 12.8 Å². The molecule has 2 rings (SSSR count). The summed E-state index contributed by atoms with van der Waals surface area (Å²) in [5, 5.41) is 15.2. The smallest absolute Gasteiger partial charge is 0.353 e. The Morgan fingerprint density at radius 2 is 2.21 bits per heavy atom. The van der Waals surface area contributed by atoms with E-state index >= 15 is 0 Å². The standard InChI is InChI=1S/C13H13FN2O3/c1-7(14)8-3-4-12(19-2)9(5-8)10-6-11(13(17)18)16-15-10/h3-7H,1-2H3,(H,15,16)(H,17,18). The first-order valence-electron chi connectivity index (χ1n) is 5.64. The number of hydrogen-bond acceptors (Lipinski definition) is 3. The largest absolute Gasteiger partial charge is 0.496 e. The van der Waals surface area contributed by atoms with Crippen molar-refractivity contribution in [2.24, 2.45) is 0 Å². The first-order chi connectivity index (χ1) is 9.02. The molecule has 100 valence electrons. The van der Waals surface area contributed by atoms with Crippen molar-refractivity contribution >= 4 is 5.97 Å². The summed E-state index contributed by atoms with van der Waals surface area (Å²) in [6.45, 7) is 1.43. The van der Waals surface area contributed by atoms with Gasteiger partial charge in [0, 0.05) is 5.56 Å². The molecule has 0 fully saturated rings. The lowest BCUT2D eigenvalue weighted by atomic mass is 10.0. The van der Waals surface area contributed by atoms with Gasteiger partial charge < -0.3 is 9.84 Å². The molecule has 0 bridgehead atoms. The van der Waals surface area contributed by atoms with Crippen molar-refractivity contribution in [1.82, 2.24) is 10.2 Å². The van der Waals surface area contributed by atoms with Crippen LogP contribution >= 0.6 is 0 Å². The molecule has 0 aliphatic carbocycles. The zero-order valence-electron chi connectivity index (χ0n) is 10.5. The number of carboxylic acid groups (broad SMARTS) is 1. The molecule has 19 heavy (non-hydrogen) atoms. The molecule has 2 aromatic rings. The normalized spacial score (nSPS) is 12.2. The molecular formula is C13H13FN2O3. The molecule has 2 N–H and O–H groups in total. The van der Waals surface area contributed by atoms with Crippen molar-refractivity contribution in [3.8, 4) is 17.0 Å². The number of rotatable bonds is 4. The molecule has 1 heterocycles. The van der Waals surface area contributed by atoms with Crippen molar-refractivity contribution in [2.75, 3.05) is 7.11 Å². The summed E-state index contributed by atoms with van der Waals surface area (Å²) in [7, 11) is 1.49. The minimum atomic E-state index is -1.12. The lowest BCUT2D eigenvalue weighted by Crippen LogP contribution is -1.95. The van der Waals surface area contributed by atoms with Crippen LogP contribution in [0.4, 0.5) is 4.39 Å². The number of aromatic carboxylic acids is 1. The number of carbonyl (C=O) groups is 1. The average molecular weight is 264 g/mol. The summed E-state index contributed by atoms with van der Waals surface area (Å²) < 4.78 is 18.5. The van der Waals surface area contributed by atoms with Crippen LogP contribution in [-0.4, -0.2) is 28.4 Å². The summed E-state index contributed by atoms with van der Waals surface area (Å²) >= 11 is 0. The fourth-order valence-electron chi connectivity index (χ4n) is 1.74. The third-order valence-electron chi connectivity index (χ3n) is 2.77. The van der Waals surface area contributed by atoms with Gasteiger partial charge in [-0.1, -0.05) is 6.07 Å². The second kappa shape index (κ2) is 5.09. The number of H-pyrrole nitrogens is 1. The van der Waals surface area contributed by atoms with E-state index in [2.05, 4.69) is 10.2 Å². The fourth-order valence-corrected chi connectivity index (χ4v) is 1.74. The van der Waals surface area contributed by atoms with E-state index in [1.165, 1.54) is 20.1 Å². The number of ether oxygens (including phenoxy) is 1. The topological polar surface area (TPSA) is 75.2 Å². The molecule has 6 heteroatoms. The van der Waals surface area contributed by atoms with Crippen LogP contribution in [0.15, 0.2) is 24.3 Å². The number of halogens is 1. The van der Waals surface area contributed by atoms with E-state index in [9.17, 15) is 9.18 Å². The van der Waals surface area contributed by atoms with E-state index in [4.69, 9.17) is 9.84 Å². The zero-order chi connectivity index (χ0) is 14.0. The first kappa shape index (κ1) is 13.1. The Kier molecular flexibility index (Phi) is 3.50. The van der Waals surface area contributed by atoms with Crippen molar-refractivity contribution in [1.29, 1.82) is 0 Å². The number of methoxy groups -OCH3 is 1. The Morgan fingerprint density at radius 3 is 2.74 bits per heavy atom. The number of carboxylic acids is 1. The van der Waals surface area contributed by atoms with Crippen LogP contribution in [-0.2, 0) is 0 Å². The second-order valence-corrected chi connectivity index (χ2v) is 4.05. The number of aromatic amines is 1. The van der Waals surface area contributed by atoms with Crippen molar-refractivity contribution in [2.45, 2.75) is 13.1 Å². The Labute approximate surface area is 109 Å². The van der Waals surface area contributed by atoms with Crippen LogP contribution in [0.25, 0.3) is 11.3 Å². The van der Waals surface area contributed by atoms with Crippen LogP contribution in [0, 0.1) is 0 Å². The van der Waals surface area contributed by atoms with E-state index in [1.807, 2.05) is 0 Å². The monoisotopic (exact) mass is 264 g/mol. The molecule has 1 aromatic carbocycles. The van der Waals surface area contributed by atoms with Gasteiger partial charge in [-0.2, -0.15) is 5.10 Å². The minimum absolute atomic E-state index is 0.0317. The van der Waals surface area contributed by atoms with Gasteiger partial charge >= 0.3 is 5.97 Å². The maximum absolute atomic E-state index is 13.3. The van der Waals surface area contributed by atoms with Gasteiger partial charge in [0.15, 0.2) is 0 Å². The molecular weight excluding hydrogens is 251 g/mol. The van der Waals surface area contributed by atoms with E-state index in [-0.39, 0.29) is 5.69 Å². The van der Waals surface area contributed by atoms with Crippen molar-refractivity contribution < 1.29 is 19.0 Å². The third-order valence-corrected chi connectivity index (χ3v) is 2.77. The number of nitrogens with one attached hydrogen (secondary N) is 1. The average Bonchev–Trinajstić information content (AvgIpc) is 2.87. The summed E-state index contributed by atoms with van der Waals surface area (Å²) in [5.74, 6) is -0.597. The Balaban J connectivity index is 2.51. The number of benzene rings is 1.